The molecule has 1 aromatic heterocycles. The summed E-state index contributed by atoms with van der Waals surface area (Å²) in [6.45, 7) is 3.98. The largest absolute Gasteiger partial charge is 0.326 e. The molecule has 0 N–H and O–H groups in total. The van der Waals surface area contributed by atoms with Gasteiger partial charge >= 0.3 is 0 Å². The number of hydrogen-bond acceptors (Lipinski definition) is 3. The molecular formula is C15H18N4. The summed E-state index contributed by atoms with van der Waals surface area (Å²) in [5, 5.41) is 8.82. The number of nitriles is 1. The smallest absolute Gasteiger partial charge is 0.124 e. The highest BCUT2D eigenvalue weighted by atomic mass is 15.2. The van der Waals surface area contributed by atoms with E-state index in [4.69, 9.17) is 10.2 Å². The zero-order valence-electron chi connectivity index (χ0n) is 11.0. The van der Waals surface area contributed by atoms with Crippen molar-refractivity contribution >= 4 is 11.0 Å². The van der Waals surface area contributed by atoms with E-state index in [9.17, 15) is 0 Å². The maximum absolute atomic E-state index is 8.82. The van der Waals surface area contributed by atoms with Gasteiger partial charge in [0.2, 0.25) is 0 Å². The predicted octanol–water partition coefficient (Wildman–Crippen LogP) is 2.55. The van der Waals surface area contributed by atoms with Crippen LogP contribution in [0.5, 0.6) is 0 Å². The minimum Gasteiger partial charge on any atom is -0.326 e. The molecule has 4 heteroatoms. The molecule has 2 aromatic rings. The lowest BCUT2D eigenvalue weighted by molar-refractivity contribution is 0.317. The number of nitrogens with zero attached hydrogens (tertiary/aromatic N) is 4. The average molecular weight is 254 g/mol. The van der Waals surface area contributed by atoms with Gasteiger partial charge in [-0.25, -0.2) is 4.98 Å². The van der Waals surface area contributed by atoms with Crippen LogP contribution < -0.4 is 0 Å². The molecule has 98 valence electrons. The molecule has 1 saturated heterocycles. The summed E-state index contributed by atoms with van der Waals surface area (Å²) in [4.78, 5) is 7.19. The topological polar surface area (TPSA) is 44.9 Å². The van der Waals surface area contributed by atoms with Crippen molar-refractivity contribution in [2.75, 3.05) is 13.1 Å². The Morgan fingerprint density at radius 3 is 2.79 bits per heavy atom. The summed E-state index contributed by atoms with van der Waals surface area (Å²) in [6, 6.07) is 10.4. The van der Waals surface area contributed by atoms with Crippen LogP contribution in [-0.2, 0) is 13.1 Å². The van der Waals surface area contributed by atoms with Crippen molar-refractivity contribution in [1.82, 2.24) is 14.5 Å². The lowest BCUT2D eigenvalue weighted by atomic mass is 10.3. The standard InChI is InChI=1S/C15H18N4/c16-8-5-11-19-14-7-2-1-6-13(14)17-15(19)12-18-9-3-4-10-18/h1-2,6-7H,3-5,9-12H2. The predicted molar refractivity (Wildman–Crippen MR) is 74.5 cm³/mol. The number of aryl methyl sites for hydroxylation is 1. The molecule has 1 aliphatic heterocycles. The maximum atomic E-state index is 8.82. The van der Waals surface area contributed by atoms with Gasteiger partial charge in [0.1, 0.15) is 5.82 Å². The first-order chi connectivity index (χ1) is 9.38. The highest BCUT2D eigenvalue weighted by molar-refractivity contribution is 5.75. The molecule has 4 nitrogen and oxygen atoms in total. The van der Waals surface area contributed by atoms with Gasteiger partial charge in [-0.1, -0.05) is 12.1 Å². The van der Waals surface area contributed by atoms with Crippen molar-refractivity contribution in [3.8, 4) is 6.07 Å². The van der Waals surface area contributed by atoms with E-state index >= 15 is 0 Å². The average Bonchev–Trinajstić information content (AvgIpc) is 3.04. The molecule has 1 fully saturated rings. The molecular weight excluding hydrogens is 236 g/mol. The Morgan fingerprint density at radius 2 is 2.00 bits per heavy atom. The quantitative estimate of drug-likeness (QED) is 0.842. The molecule has 0 atom stereocenters. The van der Waals surface area contributed by atoms with Crippen molar-refractivity contribution in [1.29, 1.82) is 5.26 Å². The number of para-hydroxylation sites is 2. The van der Waals surface area contributed by atoms with E-state index in [2.05, 4.69) is 21.6 Å². The second-order valence-corrected chi connectivity index (χ2v) is 5.06. The van der Waals surface area contributed by atoms with Gasteiger partial charge < -0.3 is 4.57 Å². The van der Waals surface area contributed by atoms with E-state index in [1.165, 1.54) is 25.9 Å². The molecule has 0 aliphatic carbocycles. The Kier molecular flexibility index (Phi) is 3.47. The number of likely N-dealkylation sites (tertiary alicyclic amines) is 1. The molecule has 0 radical (unpaired) electrons. The van der Waals surface area contributed by atoms with Crippen LogP contribution in [0.1, 0.15) is 25.1 Å². The summed E-state index contributed by atoms with van der Waals surface area (Å²) in [5.41, 5.74) is 2.18. The van der Waals surface area contributed by atoms with E-state index in [0.717, 1.165) is 29.9 Å². The summed E-state index contributed by atoms with van der Waals surface area (Å²) in [7, 11) is 0. The highest BCUT2D eigenvalue weighted by Gasteiger charge is 2.16. The third-order valence-corrected chi connectivity index (χ3v) is 3.74. The SMILES string of the molecule is N#CCCn1c(CN2CCCC2)nc2ccccc21. The van der Waals surface area contributed by atoms with Gasteiger partial charge in [0.15, 0.2) is 0 Å². The minimum atomic E-state index is 0.535. The fraction of sp³-hybridized carbons (Fsp3) is 0.467. The van der Waals surface area contributed by atoms with Crippen LogP contribution in [0.3, 0.4) is 0 Å². The number of fused-ring (bicyclic) bond motifs is 1. The molecule has 3 rings (SSSR count). The second kappa shape index (κ2) is 5.41. The van der Waals surface area contributed by atoms with Gasteiger partial charge in [0.25, 0.3) is 0 Å². The Balaban J connectivity index is 1.94. The van der Waals surface area contributed by atoms with E-state index in [1.54, 1.807) is 0 Å². The Hall–Kier alpha value is -1.86. The van der Waals surface area contributed by atoms with Crippen LogP contribution in [0.4, 0.5) is 0 Å². The van der Waals surface area contributed by atoms with E-state index < -0.39 is 0 Å². The molecule has 1 aromatic carbocycles. The molecule has 1 aliphatic rings. The Bertz CT molecular complexity index is 602. The van der Waals surface area contributed by atoms with E-state index in [-0.39, 0.29) is 0 Å². The minimum absolute atomic E-state index is 0.535. The highest BCUT2D eigenvalue weighted by Crippen LogP contribution is 2.19. The molecule has 19 heavy (non-hydrogen) atoms. The lowest BCUT2D eigenvalue weighted by Crippen LogP contribution is -2.21. The van der Waals surface area contributed by atoms with Crippen LogP contribution in [0.25, 0.3) is 11.0 Å². The molecule has 0 bridgehead atoms. The fourth-order valence-corrected chi connectivity index (χ4v) is 2.80. The van der Waals surface area contributed by atoms with Gasteiger partial charge in [-0.2, -0.15) is 5.26 Å². The zero-order valence-corrected chi connectivity index (χ0v) is 11.0. The van der Waals surface area contributed by atoms with Gasteiger partial charge in [0, 0.05) is 6.54 Å². The van der Waals surface area contributed by atoms with Crippen LogP contribution in [0.2, 0.25) is 0 Å². The Labute approximate surface area is 113 Å². The van der Waals surface area contributed by atoms with E-state index in [0.29, 0.717) is 6.42 Å². The monoisotopic (exact) mass is 254 g/mol. The number of imidazole rings is 1. The van der Waals surface area contributed by atoms with Crippen LogP contribution in [0.15, 0.2) is 24.3 Å². The number of rotatable bonds is 4. The second-order valence-electron chi connectivity index (χ2n) is 5.06. The van der Waals surface area contributed by atoms with Crippen LogP contribution in [-0.4, -0.2) is 27.5 Å². The lowest BCUT2D eigenvalue weighted by Gasteiger charge is -2.15. The van der Waals surface area contributed by atoms with Gasteiger partial charge in [0.05, 0.1) is 30.1 Å². The van der Waals surface area contributed by atoms with Crippen molar-refractivity contribution in [2.24, 2.45) is 0 Å². The summed E-state index contributed by atoms with van der Waals surface area (Å²) in [5.74, 6) is 1.10. The first-order valence-corrected chi connectivity index (χ1v) is 6.92. The van der Waals surface area contributed by atoms with Crippen molar-refractivity contribution < 1.29 is 0 Å². The number of aromatic nitrogens is 2. The Morgan fingerprint density at radius 1 is 1.21 bits per heavy atom. The van der Waals surface area contributed by atoms with Crippen LogP contribution in [0, 0.1) is 11.3 Å². The van der Waals surface area contributed by atoms with Crippen LogP contribution >= 0.6 is 0 Å². The summed E-state index contributed by atoms with van der Waals surface area (Å²) < 4.78 is 2.21. The van der Waals surface area contributed by atoms with Gasteiger partial charge in [-0.15, -0.1) is 0 Å². The molecule has 0 unspecified atom stereocenters. The van der Waals surface area contributed by atoms with Gasteiger partial charge in [-0.05, 0) is 38.1 Å². The van der Waals surface area contributed by atoms with Crippen molar-refractivity contribution in [2.45, 2.75) is 32.4 Å². The molecule has 0 spiro atoms. The summed E-state index contributed by atoms with van der Waals surface area (Å²) in [6.07, 6.45) is 3.12. The normalized spacial score (nSPS) is 15.9. The molecule has 0 amide bonds. The molecule has 0 saturated carbocycles. The van der Waals surface area contributed by atoms with Gasteiger partial charge in [-0.3, -0.25) is 4.90 Å². The van der Waals surface area contributed by atoms with Crippen molar-refractivity contribution in [3.63, 3.8) is 0 Å². The third-order valence-electron chi connectivity index (χ3n) is 3.74. The number of benzene rings is 1. The first-order valence-electron chi connectivity index (χ1n) is 6.92. The molecule has 2 heterocycles. The fourth-order valence-electron chi connectivity index (χ4n) is 2.80. The van der Waals surface area contributed by atoms with E-state index in [1.807, 2.05) is 18.2 Å². The maximum Gasteiger partial charge on any atom is 0.124 e. The van der Waals surface area contributed by atoms with Crippen molar-refractivity contribution in [3.05, 3.63) is 30.1 Å². The zero-order chi connectivity index (χ0) is 13.1. The third kappa shape index (κ3) is 2.47. The first kappa shape index (κ1) is 12.2. The number of hydrogen-bond donors (Lipinski definition) is 0. The summed E-state index contributed by atoms with van der Waals surface area (Å²) >= 11 is 0.